The normalized spacial score (nSPS) is 10.2. The number of rotatable bonds is 3. The number of hydrogen-bond donors (Lipinski definition) is 1. The van der Waals surface area contributed by atoms with Gasteiger partial charge in [0.2, 0.25) is 0 Å². The fourth-order valence-electron chi connectivity index (χ4n) is 1.66. The summed E-state index contributed by atoms with van der Waals surface area (Å²) in [5, 5.41) is 13.6. The van der Waals surface area contributed by atoms with Gasteiger partial charge in [-0.2, -0.15) is 0 Å². The molecule has 1 aromatic carbocycles. The van der Waals surface area contributed by atoms with Crippen LogP contribution in [0.3, 0.4) is 0 Å². The monoisotopic (exact) mass is 369 g/mol. The number of nitro benzene ring substituents is 1. The number of carbonyl (C=O) groups excluding carboxylic acids is 1. The average molecular weight is 371 g/mol. The lowest BCUT2D eigenvalue weighted by Crippen LogP contribution is -2.14. The lowest BCUT2D eigenvalue weighted by Gasteiger charge is -2.10. The zero-order valence-electron chi connectivity index (χ0n) is 10.8. The molecule has 0 spiro atoms. The molecule has 0 fully saturated rings. The summed E-state index contributed by atoms with van der Waals surface area (Å²) in [6.07, 6.45) is 1.52. The number of aromatic nitrogens is 1. The third kappa shape index (κ3) is 3.37. The summed E-state index contributed by atoms with van der Waals surface area (Å²) in [5.74, 6) is -0.511. The largest absolute Gasteiger partial charge is 0.319 e. The summed E-state index contributed by atoms with van der Waals surface area (Å²) < 4.78 is 0.447. The van der Waals surface area contributed by atoms with Crippen LogP contribution in [0.1, 0.15) is 15.9 Å². The summed E-state index contributed by atoms with van der Waals surface area (Å²) in [4.78, 5) is 26.4. The van der Waals surface area contributed by atoms with Gasteiger partial charge in [-0.05, 0) is 40.5 Å². The third-order valence-corrected chi connectivity index (χ3v) is 3.74. The van der Waals surface area contributed by atoms with Crippen molar-refractivity contribution in [2.24, 2.45) is 0 Å². The van der Waals surface area contributed by atoms with Gasteiger partial charge in [-0.1, -0.05) is 11.6 Å². The molecule has 0 unspecified atom stereocenters. The van der Waals surface area contributed by atoms with Crippen LogP contribution in [0, 0.1) is 17.0 Å². The van der Waals surface area contributed by atoms with E-state index in [2.05, 4.69) is 26.2 Å². The van der Waals surface area contributed by atoms with Crippen molar-refractivity contribution in [1.82, 2.24) is 4.98 Å². The summed E-state index contributed by atoms with van der Waals surface area (Å²) in [6, 6.07) is 5.65. The van der Waals surface area contributed by atoms with Crippen molar-refractivity contribution in [3.63, 3.8) is 0 Å². The molecule has 1 heterocycles. The number of pyridine rings is 1. The van der Waals surface area contributed by atoms with Crippen LogP contribution in [0.25, 0.3) is 0 Å². The molecule has 0 bridgehead atoms. The van der Waals surface area contributed by atoms with Gasteiger partial charge in [0.05, 0.1) is 16.2 Å². The van der Waals surface area contributed by atoms with Gasteiger partial charge in [-0.25, -0.2) is 4.98 Å². The molecule has 0 radical (unpaired) electrons. The second-order valence-electron chi connectivity index (χ2n) is 4.17. The van der Waals surface area contributed by atoms with Crippen molar-refractivity contribution in [1.29, 1.82) is 0 Å². The van der Waals surface area contributed by atoms with Crippen LogP contribution in [0.2, 0.25) is 5.15 Å². The van der Waals surface area contributed by atoms with Crippen molar-refractivity contribution in [2.45, 2.75) is 6.92 Å². The highest BCUT2D eigenvalue weighted by molar-refractivity contribution is 9.10. The van der Waals surface area contributed by atoms with Crippen LogP contribution in [0.15, 0.2) is 34.9 Å². The van der Waals surface area contributed by atoms with E-state index in [-0.39, 0.29) is 16.4 Å². The highest BCUT2D eigenvalue weighted by Crippen LogP contribution is 2.26. The number of carbonyl (C=O) groups is 1. The minimum absolute atomic E-state index is 0.142. The van der Waals surface area contributed by atoms with E-state index in [1.54, 1.807) is 13.0 Å². The second kappa shape index (κ2) is 6.19. The number of aryl methyl sites for hydroxylation is 1. The zero-order valence-corrected chi connectivity index (χ0v) is 13.1. The number of halogens is 2. The van der Waals surface area contributed by atoms with Crippen LogP contribution >= 0.6 is 27.5 Å². The number of amides is 1. The maximum atomic E-state index is 12.3. The molecule has 1 N–H and O–H groups in total. The maximum absolute atomic E-state index is 12.3. The molecular formula is C13H9BrClN3O3. The topological polar surface area (TPSA) is 85.1 Å². The van der Waals surface area contributed by atoms with Crippen molar-refractivity contribution < 1.29 is 9.72 Å². The molecule has 108 valence electrons. The van der Waals surface area contributed by atoms with Gasteiger partial charge < -0.3 is 5.32 Å². The first-order valence-electron chi connectivity index (χ1n) is 5.76. The minimum atomic E-state index is -0.564. The predicted molar refractivity (Wildman–Crippen MR) is 82.7 cm³/mol. The number of nitrogens with one attached hydrogen (secondary N) is 1. The van der Waals surface area contributed by atoms with Crippen molar-refractivity contribution in [3.8, 4) is 0 Å². The molecule has 21 heavy (non-hydrogen) atoms. The molecule has 0 aliphatic rings. The molecular weight excluding hydrogens is 362 g/mol. The first-order valence-corrected chi connectivity index (χ1v) is 6.93. The Bertz CT molecular complexity index is 716. The Labute approximate surface area is 133 Å². The highest BCUT2D eigenvalue weighted by atomic mass is 79.9. The van der Waals surface area contributed by atoms with Crippen LogP contribution in [0.4, 0.5) is 11.4 Å². The van der Waals surface area contributed by atoms with E-state index in [1.165, 1.54) is 24.4 Å². The van der Waals surface area contributed by atoms with E-state index in [4.69, 9.17) is 11.6 Å². The van der Waals surface area contributed by atoms with Gasteiger partial charge in [0.15, 0.2) is 5.15 Å². The van der Waals surface area contributed by atoms with E-state index < -0.39 is 10.8 Å². The number of hydrogen-bond acceptors (Lipinski definition) is 4. The van der Waals surface area contributed by atoms with Gasteiger partial charge in [0.1, 0.15) is 0 Å². The SMILES string of the molecule is Cc1ccnc(Cl)c1NC(=O)c1cc([N+](=O)[O-])ccc1Br. The van der Waals surface area contributed by atoms with Crippen molar-refractivity contribution in [3.05, 3.63) is 61.3 Å². The standard InChI is InChI=1S/C13H9BrClN3O3/c1-7-4-5-16-12(15)11(7)17-13(19)9-6-8(18(20)21)2-3-10(9)14/h2-6H,1H3,(H,17,19). The molecule has 1 aromatic heterocycles. The predicted octanol–water partition coefficient (Wildman–Crippen LogP) is 3.97. The highest BCUT2D eigenvalue weighted by Gasteiger charge is 2.17. The van der Waals surface area contributed by atoms with Crippen LogP contribution in [-0.2, 0) is 0 Å². The summed E-state index contributed by atoms with van der Waals surface area (Å²) in [6.45, 7) is 1.77. The Hall–Kier alpha value is -1.99. The van der Waals surface area contributed by atoms with E-state index >= 15 is 0 Å². The zero-order chi connectivity index (χ0) is 15.6. The first-order chi connectivity index (χ1) is 9.90. The fraction of sp³-hybridized carbons (Fsp3) is 0.0769. The fourth-order valence-corrected chi connectivity index (χ4v) is 2.34. The van der Waals surface area contributed by atoms with Gasteiger partial charge in [0.25, 0.3) is 11.6 Å². The maximum Gasteiger partial charge on any atom is 0.270 e. The molecule has 0 saturated carbocycles. The van der Waals surface area contributed by atoms with Gasteiger partial charge in [-0.15, -0.1) is 0 Å². The molecule has 8 heteroatoms. The van der Waals surface area contributed by atoms with E-state index in [1.807, 2.05) is 0 Å². The average Bonchev–Trinajstić information content (AvgIpc) is 2.43. The molecule has 1 amide bonds. The number of anilines is 1. The van der Waals surface area contributed by atoms with Crippen LogP contribution in [0.5, 0.6) is 0 Å². The van der Waals surface area contributed by atoms with Crippen molar-refractivity contribution >= 4 is 44.8 Å². The Morgan fingerprint density at radius 3 is 2.76 bits per heavy atom. The molecule has 2 aromatic rings. The Morgan fingerprint density at radius 2 is 2.14 bits per heavy atom. The number of benzene rings is 1. The number of nitrogens with zero attached hydrogens (tertiary/aromatic N) is 2. The lowest BCUT2D eigenvalue weighted by atomic mass is 10.1. The lowest BCUT2D eigenvalue weighted by molar-refractivity contribution is -0.384. The van der Waals surface area contributed by atoms with Gasteiger partial charge in [0, 0.05) is 22.8 Å². The van der Waals surface area contributed by atoms with Gasteiger partial charge >= 0.3 is 0 Å². The smallest absolute Gasteiger partial charge is 0.270 e. The molecule has 6 nitrogen and oxygen atoms in total. The second-order valence-corrected chi connectivity index (χ2v) is 5.38. The van der Waals surface area contributed by atoms with E-state index in [0.29, 0.717) is 10.2 Å². The quantitative estimate of drug-likeness (QED) is 0.503. The number of nitro groups is 1. The van der Waals surface area contributed by atoms with Crippen LogP contribution in [-0.4, -0.2) is 15.8 Å². The Balaban J connectivity index is 2.37. The summed E-state index contributed by atoms with van der Waals surface area (Å²) in [5.41, 5.74) is 1.09. The van der Waals surface area contributed by atoms with Gasteiger partial charge in [-0.3, -0.25) is 14.9 Å². The first kappa shape index (κ1) is 15.4. The van der Waals surface area contributed by atoms with E-state index in [9.17, 15) is 14.9 Å². The summed E-state index contributed by atoms with van der Waals surface area (Å²) >= 11 is 9.14. The molecule has 0 saturated heterocycles. The third-order valence-electron chi connectivity index (χ3n) is 2.76. The van der Waals surface area contributed by atoms with E-state index in [0.717, 1.165) is 5.56 Å². The molecule has 0 aliphatic heterocycles. The summed E-state index contributed by atoms with van der Waals surface area (Å²) in [7, 11) is 0. The van der Waals surface area contributed by atoms with Crippen LogP contribution < -0.4 is 5.32 Å². The Morgan fingerprint density at radius 1 is 1.43 bits per heavy atom. The minimum Gasteiger partial charge on any atom is -0.319 e. The molecule has 2 rings (SSSR count). The van der Waals surface area contributed by atoms with Crippen molar-refractivity contribution in [2.75, 3.05) is 5.32 Å². The Kier molecular flexibility index (Phi) is 4.54. The molecule has 0 atom stereocenters. The molecule has 0 aliphatic carbocycles. The number of non-ortho nitro benzene ring substituents is 1.